The lowest BCUT2D eigenvalue weighted by Gasteiger charge is -2.43. The van der Waals surface area contributed by atoms with Crippen molar-refractivity contribution in [1.82, 2.24) is 15.1 Å². The number of nitrogens with one attached hydrogen (secondary N) is 1. The molecule has 116 valence electrons. The van der Waals surface area contributed by atoms with Crippen molar-refractivity contribution >= 4 is 11.8 Å². The molecule has 0 unspecified atom stereocenters. The maximum absolute atomic E-state index is 12.6. The summed E-state index contributed by atoms with van der Waals surface area (Å²) < 4.78 is 0. The molecule has 0 aromatic carbocycles. The van der Waals surface area contributed by atoms with E-state index in [2.05, 4.69) is 10.2 Å². The molecule has 6 heteroatoms. The molecule has 0 aromatic heterocycles. The van der Waals surface area contributed by atoms with E-state index in [0.717, 1.165) is 13.1 Å². The van der Waals surface area contributed by atoms with Gasteiger partial charge in [0.15, 0.2) is 0 Å². The number of hydrogen-bond donors (Lipinski definition) is 2. The standard InChI is InChI=1S/C14H28N4O2/c1-13(2,14(3,4)15)12(20)18-8-6-17(7-9-18)10-11(19)16-5/h6-10,15H2,1-5H3,(H,16,19). The summed E-state index contributed by atoms with van der Waals surface area (Å²) in [7, 11) is 1.63. The Balaban J connectivity index is 2.57. The van der Waals surface area contributed by atoms with Crippen molar-refractivity contribution in [3.8, 4) is 0 Å². The highest BCUT2D eigenvalue weighted by molar-refractivity contribution is 5.83. The average Bonchev–Trinajstić information content (AvgIpc) is 2.37. The Morgan fingerprint density at radius 3 is 2.00 bits per heavy atom. The summed E-state index contributed by atoms with van der Waals surface area (Å²) in [6, 6.07) is 0. The summed E-state index contributed by atoms with van der Waals surface area (Å²) in [4.78, 5) is 27.9. The number of amides is 2. The van der Waals surface area contributed by atoms with E-state index in [1.807, 2.05) is 32.6 Å². The lowest BCUT2D eigenvalue weighted by Crippen LogP contribution is -2.60. The van der Waals surface area contributed by atoms with Gasteiger partial charge in [-0.2, -0.15) is 0 Å². The van der Waals surface area contributed by atoms with Crippen LogP contribution >= 0.6 is 0 Å². The number of likely N-dealkylation sites (N-methyl/N-ethyl adjacent to an activating group) is 1. The van der Waals surface area contributed by atoms with Crippen molar-refractivity contribution in [3.63, 3.8) is 0 Å². The monoisotopic (exact) mass is 284 g/mol. The summed E-state index contributed by atoms with van der Waals surface area (Å²) >= 11 is 0. The number of hydrogen-bond acceptors (Lipinski definition) is 4. The molecule has 0 saturated carbocycles. The quantitative estimate of drug-likeness (QED) is 0.739. The van der Waals surface area contributed by atoms with Gasteiger partial charge in [-0.15, -0.1) is 0 Å². The van der Waals surface area contributed by atoms with E-state index in [1.165, 1.54) is 0 Å². The molecule has 0 bridgehead atoms. The number of carbonyl (C=O) groups is 2. The first kappa shape index (κ1) is 16.9. The molecular weight excluding hydrogens is 256 g/mol. The van der Waals surface area contributed by atoms with Crippen molar-refractivity contribution in [1.29, 1.82) is 0 Å². The second kappa shape index (κ2) is 6.10. The molecule has 1 fully saturated rings. The van der Waals surface area contributed by atoms with Crippen LogP contribution in [-0.2, 0) is 9.59 Å². The largest absolute Gasteiger partial charge is 0.358 e. The lowest BCUT2D eigenvalue weighted by atomic mass is 9.74. The van der Waals surface area contributed by atoms with Crippen LogP contribution in [0.4, 0.5) is 0 Å². The zero-order chi connectivity index (χ0) is 15.6. The van der Waals surface area contributed by atoms with Crippen molar-refractivity contribution in [3.05, 3.63) is 0 Å². The van der Waals surface area contributed by atoms with E-state index < -0.39 is 11.0 Å². The Kier molecular flexibility index (Phi) is 5.15. The lowest BCUT2D eigenvalue weighted by molar-refractivity contribution is -0.145. The van der Waals surface area contributed by atoms with Gasteiger partial charge in [-0.1, -0.05) is 0 Å². The van der Waals surface area contributed by atoms with Gasteiger partial charge >= 0.3 is 0 Å². The Bertz CT molecular complexity index is 366. The zero-order valence-corrected chi connectivity index (χ0v) is 13.3. The minimum absolute atomic E-state index is 0.00759. The second-order valence-corrected chi connectivity index (χ2v) is 6.59. The molecule has 20 heavy (non-hydrogen) atoms. The molecule has 3 N–H and O–H groups in total. The summed E-state index contributed by atoms with van der Waals surface area (Å²) in [5.41, 5.74) is 4.95. The van der Waals surface area contributed by atoms with Crippen LogP contribution in [0.5, 0.6) is 0 Å². The van der Waals surface area contributed by atoms with Crippen molar-refractivity contribution in [2.45, 2.75) is 33.2 Å². The van der Waals surface area contributed by atoms with E-state index in [-0.39, 0.29) is 11.8 Å². The Morgan fingerprint density at radius 1 is 1.10 bits per heavy atom. The first-order valence-electron chi connectivity index (χ1n) is 7.11. The molecule has 1 rings (SSSR count). The second-order valence-electron chi connectivity index (χ2n) is 6.59. The van der Waals surface area contributed by atoms with Gasteiger partial charge in [0.05, 0.1) is 12.0 Å². The van der Waals surface area contributed by atoms with Gasteiger partial charge in [0, 0.05) is 38.8 Å². The van der Waals surface area contributed by atoms with Gasteiger partial charge in [0.1, 0.15) is 0 Å². The maximum Gasteiger partial charge on any atom is 0.233 e. The fourth-order valence-electron chi connectivity index (χ4n) is 2.06. The highest BCUT2D eigenvalue weighted by Gasteiger charge is 2.43. The van der Waals surface area contributed by atoms with Gasteiger partial charge in [-0.25, -0.2) is 0 Å². The van der Waals surface area contributed by atoms with Gasteiger partial charge in [0.25, 0.3) is 0 Å². The fourth-order valence-corrected chi connectivity index (χ4v) is 2.06. The number of rotatable bonds is 4. The van der Waals surface area contributed by atoms with Crippen LogP contribution in [0.3, 0.4) is 0 Å². The number of piperazine rings is 1. The SMILES string of the molecule is CNC(=O)CN1CCN(C(=O)C(C)(C)C(C)(C)N)CC1. The molecule has 0 spiro atoms. The van der Waals surface area contributed by atoms with Crippen LogP contribution in [0.25, 0.3) is 0 Å². The summed E-state index contributed by atoms with van der Waals surface area (Å²) in [5, 5.41) is 2.61. The predicted molar refractivity (Wildman–Crippen MR) is 79.1 cm³/mol. The molecular formula is C14H28N4O2. The van der Waals surface area contributed by atoms with Crippen LogP contribution in [-0.4, -0.2) is 66.9 Å². The first-order valence-corrected chi connectivity index (χ1v) is 7.11. The zero-order valence-electron chi connectivity index (χ0n) is 13.3. The molecule has 0 radical (unpaired) electrons. The molecule has 0 atom stereocenters. The van der Waals surface area contributed by atoms with Gasteiger partial charge in [0.2, 0.25) is 11.8 Å². The van der Waals surface area contributed by atoms with Crippen LogP contribution in [0.1, 0.15) is 27.7 Å². The Hall–Kier alpha value is -1.14. The summed E-state index contributed by atoms with van der Waals surface area (Å²) in [6.07, 6.45) is 0. The van der Waals surface area contributed by atoms with Crippen LogP contribution in [0, 0.1) is 5.41 Å². The average molecular weight is 284 g/mol. The van der Waals surface area contributed by atoms with Crippen molar-refractivity contribution in [2.75, 3.05) is 39.8 Å². The number of carbonyl (C=O) groups excluding carboxylic acids is 2. The smallest absolute Gasteiger partial charge is 0.233 e. The van der Waals surface area contributed by atoms with E-state index in [9.17, 15) is 9.59 Å². The Morgan fingerprint density at radius 2 is 1.60 bits per heavy atom. The number of nitrogens with zero attached hydrogens (tertiary/aromatic N) is 2. The third-order valence-electron chi connectivity index (χ3n) is 4.45. The summed E-state index contributed by atoms with van der Waals surface area (Å²) in [5.74, 6) is 0.0952. The van der Waals surface area contributed by atoms with Crippen LogP contribution < -0.4 is 11.1 Å². The Labute approximate surface area is 121 Å². The third-order valence-corrected chi connectivity index (χ3v) is 4.45. The molecule has 1 heterocycles. The molecule has 6 nitrogen and oxygen atoms in total. The van der Waals surface area contributed by atoms with Crippen molar-refractivity contribution in [2.24, 2.45) is 11.1 Å². The molecule has 0 aliphatic carbocycles. The minimum atomic E-state index is -0.601. The molecule has 1 saturated heterocycles. The van der Waals surface area contributed by atoms with E-state index in [4.69, 9.17) is 5.73 Å². The first-order chi connectivity index (χ1) is 9.09. The highest BCUT2D eigenvalue weighted by atomic mass is 16.2. The van der Waals surface area contributed by atoms with Crippen LogP contribution in [0.2, 0.25) is 0 Å². The van der Waals surface area contributed by atoms with Crippen LogP contribution in [0.15, 0.2) is 0 Å². The van der Waals surface area contributed by atoms with E-state index >= 15 is 0 Å². The maximum atomic E-state index is 12.6. The molecule has 1 aliphatic heterocycles. The van der Waals surface area contributed by atoms with E-state index in [0.29, 0.717) is 19.6 Å². The minimum Gasteiger partial charge on any atom is -0.358 e. The normalized spacial score (nSPS) is 18.0. The van der Waals surface area contributed by atoms with Gasteiger partial charge < -0.3 is 16.0 Å². The van der Waals surface area contributed by atoms with Crippen molar-refractivity contribution < 1.29 is 9.59 Å². The molecule has 0 aromatic rings. The summed E-state index contributed by atoms with van der Waals surface area (Å²) in [6.45, 7) is 10.7. The van der Waals surface area contributed by atoms with E-state index in [1.54, 1.807) is 7.05 Å². The number of nitrogens with two attached hydrogens (primary N) is 1. The topological polar surface area (TPSA) is 78.7 Å². The molecule has 1 aliphatic rings. The predicted octanol–water partition coefficient (Wildman–Crippen LogP) is -0.360. The third kappa shape index (κ3) is 3.70. The van der Waals surface area contributed by atoms with Gasteiger partial charge in [-0.3, -0.25) is 14.5 Å². The fraction of sp³-hybridized carbons (Fsp3) is 0.857. The van der Waals surface area contributed by atoms with Gasteiger partial charge in [-0.05, 0) is 27.7 Å². The molecule has 2 amide bonds. The highest BCUT2D eigenvalue weighted by Crippen LogP contribution is 2.30.